The topological polar surface area (TPSA) is 63.7 Å². The van der Waals surface area contributed by atoms with Crippen LogP contribution in [0.25, 0.3) is 0 Å². The first-order chi connectivity index (χ1) is 14.0. The van der Waals surface area contributed by atoms with Crippen molar-refractivity contribution in [3.63, 3.8) is 0 Å². The standard InChI is InChI=1S/C24H23NO4/c1-14(22(26)15-5-3-2-4-6-15)29-19-11-9-18(10-12-19)25-23(27)20-16-7-8-17(13-16)21(20)24(25)28/h2-6,9-12,14,16-17,20-21H,7-8,13H2,1H3/t14-,16-,17+,20-,21-/m0/s1. The molecule has 0 N–H and O–H groups in total. The minimum Gasteiger partial charge on any atom is -0.483 e. The smallest absolute Gasteiger partial charge is 0.237 e. The van der Waals surface area contributed by atoms with Crippen molar-refractivity contribution in [2.24, 2.45) is 23.7 Å². The van der Waals surface area contributed by atoms with Gasteiger partial charge in [-0.1, -0.05) is 30.3 Å². The van der Waals surface area contributed by atoms with E-state index in [4.69, 9.17) is 4.74 Å². The van der Waals surface area contributed by atoms with E-state index in [-0.39, 0.29) is 29.4 Å². The molecule has 3 fully saturated rings. The van der Waals surface area contributed by atoms with E-state index in [2.05, 4.69) is 0 Å². The molecule has 0 spiro atoms. The summed E-state index contributed by atoms with van der Waals surface area (Å²) in [5.41, 5.74) is 1.19. The van der Waals surface area contributed by atoms with Gasteiger partial charge in [-0.05, 0) is 62.3 Å². The summed E-state index contributed by atoms with van der Waals surface area (Å²) in [5.74, 6) is 0.842. The number of hydrogen-bond donors (Lipinski definition) is 0. The van der Waals surface area contributed by atoms with E-state index in [0.717, 1.165) is 19.3 Å². The van der Waals surface area contributed by atoms with Crippen molar-refractivity contribution < 1.29 is 19.1 Å². The quantitative estimate of drug-likeness (QED) is 0.575. The van der Waals surface area contributed by atoms with Gasteiger partial charge < -0.3 is 4.74 Å². The van der Waals surface area contributed by atoms with Gasteiger partial charge >= 0.3 is 0 Å². The van der Waals surface area contributed by atoms with Gasteiger partial charge in [-0.3, -0.25) is 19.3 Å². The molecule has 1 heterocycles. The zero-order valence-electron chi connectivity index (χ0n) is 16.3. The number of hydrogen-bond acceptors (Lipinski definition) is 4. The normalized spacial score (nSPS) is 28.5. The van der Waals surface area contributed by atoms with Crippen molar-refractivity contribution >= 4 is 23.3 Å². The van der Waals surface area contributed by atoms with Crippen LogP contribution >= 0.6 is 0 Å². The summed E-state index contributed by atoms with van der Waals surface area (Å²) < 4.78 is 5.78. The van der Waals surface area contributed by atoms with E-state index >= 15 is 0 Å². The molecule has 2 saturated carbocycles. The maximum absolute atomic E-state index is 12.9. The Morgan fingerprint density at radius 3 is 2.10 bits per heavy atom. The fraction of sp³-hybridized carbons (Fsp3) is 0.375. The average Bonchev–Trinajstić information content (AvgIpc) is 3.43. The maximum atomic E-state index is 12.9. The number of carbonyl (C=O) groups excluding carboxylic acids is 3. The summed E-state index contributed by atoms with van der Waals surface area (Å²) in [4.78, 5) is 39.7. The molecule has 1 aliphatic heterocycles. The number of rotatable bonds is 5. The van der Waals surface area contributed by atoms with Gasteiger partial charge in [0.05, 0.1) is 17.5 Å². The summed E-state index contributed by atoms with van der Waals surface area (Å²) in [7, 11) is 0. The molecule has 2 aromatic rings. The van der Waals surface area contributed by atoms with Crippen LogP contribution in [0.15, 0.2) is 54.6 Å². The number of anilines is 1. The Labute approximate surface area is 169 Å². The molecule has 2 amide bonds. The van der Waals surface area contributed by atoms with Gasteiger partial charge in [0.25, 0.3) is 0 Å². The lowest BCUT2D eigenvalue weighted by Gasteiger charge is -2.19. The number of Topliss-reactive ketones (excluding diaryl/α,β-unsaturated/α-hetero) is 1. The summed E-state index contributed by atoms with van der Waals surface area (Å²) in [6.07, 6.45) is 2.53. The highest BCUT2D eigenvalue weighted by Crippen LogP contribution is 2.56. The molecule has 2 aliphatic carbocycles. The minimum absolute atomic E-state index is 0.0477. The van der Waals surface area contributed by atoms with Crippen LogP contribution < -0.4 is 9.64 Å². The summed E-state index contributed by atoms with van der Waals surface area (Å²) in [6.45, 7) is 1.72. The van der Waals surface area contributed by atoms with Gasteiger partial charge in [-0.15, -0.1) is 0 Å². The molecule has 2 aromatic carbocycles. The van der Waals surface area contributed by atoms with E-state index in [0.29, 0.717) is 28.8 Å². The van der Waals surface area contributed by atoms with Crippen LogP contribution in [0, 0.1) is 23.7 Å². The Morgan fingerprint density at radius 1 is 0.931 bits per heavy atom. The molecule has 5 nitrogen and oxygen atoms in total. The van der Waals surface area contributed by atoms with Crippen LogP contribution in [0.1, 0.15) is 36.5 Å². The van der Waals surface area contributed by atoms with Gasteiger partial charge in [0.1, 0.15) is 5.75 Å². The minimum atomic E-state index is -0.631. The van der Waals surface area contributed by atoms with Gasteiger partial charge in [0, 0.05) is 5.56 Å². The maximum Gasteiger partial charge on any atom is 0.237 e. The molecule has 148 valence electrons. The summed E-state index contributed by atoms with van der Waals surface area (Å²) in [6, 6.07) is 15.9. The fourth-order valence-corrected chi connectivity index (χ4v) is 5.43. The molecule has 5 atom stereocenters. The van der Waals surface area contributed by atoms with Crippen molar-refractivity contribution in [1.29, 1.82) is 0 Å². The molecule has 5 heteroatoms. The third-order valence-electron chi connectivity index (χ3n) is 6.76. The van der Waals surface area contributed by atoms with E-state index in [1.54, 1.807) is 43.3 Å². The molecule has 3 aliphatic rings. The van der Waals surface area contributed by atoms with E-state index in [1.165, 1.54) is 4.90 Å². The molecule has 5 rings (SSSR count). The van der Waals surface area contributed by atoms with Crippen LogP contribution in [0.5, 0.6) is 5.75 Å². The Bertz CT molecular complexity index is 940. The van der Waals surface area contributed by atoms with E-state index in [1.807, 2.05) is 18.2 Å². The van der Waals surface area contributed by atoms with E-state index in [9.17, 15) is 14.4 Å². The van der Waals surface area contributed by atoms with Crippen LogP contribution in [-0.4, -0.2) is 23.7 Å². The Morgan fingerprint density at radius 2 is 1.52 bits per heavy atom. The first-order valence-corrected chi connectivity index (χ1v) is 10.3. The zero-order valence-corrected chi connectivity index (χ0v) is 16.3. The molecule has 0 unspecified atom stereocenters. The largest absolute Gasteiger partial charge is 0.483 e. The number of fused-ring (bicyclic) bond motifs is 5. The second-order valence-electron chi connectivity index (χ2n) is 8.38. The first kappa shape index (κ1) is 18.1. The molecular weight excluding hydrogens is 366 g/mol. The number of imide groups is 1. The number of nitrogens with zero attached hydrogens (tertiary/aromatic N) is 1. The highest BCUT2D eigenvalue weighted by atomic mass is 16.5. The molecule has 0 aromatic heterocycles. The van der Waals surface area contributed by atoms with Crippen molar-refractivity contribution in [3.8, 4) is 5.75 Å². The summed E-state index contributed by atoms with van der Waals surface area (Å²) in [5, 5.41) is 0. The lowest BCUT2D eigenvalue weighted by molar-refractivity contribution is -0.123. The van der Waals surface area contributed by atoms with Crippen molar-refractivity contribution in [1.82, 2.24) is 0 Å². The Kier molecular flexibility index (Phi) is 4.26. The second-order valence-corrected chi connectivity index (χ2v) is 8.38. The number of ketones is 1. The predicted molar refractivity (Wildman–Crippen MR) is 108 cm³/mol. The van der Waals surface area contributed by atoms with Gasteiger partial charge in [0.2, 0.25) is 17.6 Å². The van der Waals surface area contributed by atoms with E-state index < -0.39 is 6.10 Å². The third-order valence-corrected chi connectivity index (χ3v) is 6.76. The molecule has 29 heavy (non-hydrogen) atoms. The predicted octanol–water partition coefficient (Wildman–Crippen LogP) is 3.87. The monoisotopic (exact) mass is 389 g/mol. The second kappa shape index (κ2) is 6.83. The highest BCUT2D eigenvalue weighted by Gasteiger charge is 2.61. The lowest BCUT2D eigenvalue weighted by Crippen LogP contribution is -2.32. The first-order valence-electron chi connectivity index (χ1n) is 10.3. The summed E-state index contributed by atoms with van der Waals surface area (Å²) >= 11 is 0. The molecular formula is C24H23NO4. The van der Waals surface area contributed by atoms with Gasteiger partial charge in [-0.2, -0.15) is 0 Å². The average molecular weight is 389 g/mol. The van der Waals surface area contributed by atoms with Crippen molar-refractivity contribution in [2.45, 2.75) is 32.3 Å². The van der Waals surface area contributed by atoms with Gasteiger partial charge in [-0.25, -0.2) is 0 Å². The highest BCUT2D eigenvalue weighted by molar-refractivity contribution is 6.22. The van der Waals surface area contributed by atoms with Crippen LogP contribution in [-0.2, 0) is 9.59 Å². The van der Waals surface area contributed by atoms with Crippen LogP contribution in [0.2, 0.25) is 0 Å². The van der Waals surface area contributed by atoms with Crippen LogP contribution in [0.4, 0.5) is 5.69 Å². The lowest BCUT2D eigenvalue weighted by atomic mass is 9.81. The number of benzene rings is 2. The molecule has 0 radical (unpaired) electrons. The SMILES string of the molecule is C[C@H](Oc1ccc(N2C(=O)[C@H]3[C@@H]4CC[C@@H](C4)[C@@H]3C2=O)cc1)C(=O)c1ccccc1. The number of amides is 2. The van der Waals surface area contributed by atoms with Crippen molar-refractivity contribution in [2.75, 3.05) is 4.90 Å². The number of ether oxygens (including phenoxy) is 1. The zero-order chi connectivity index (χ0) is 20.1. The van der Waals surface area contributed by atoms with Crippen molar-refractivity contribution in [3.05, 3.63) is 60.2 Å². The molecule has 2 bridgehead atoms. The van der Waals surface area contributed by atoms with Crippen LogP contribution in [0.3, 0.4) is 0 Å². The van der Waals surface area contributed by atoms with Gasteiger partial charge in [0.15, 0.2) is 6.10 Å². The Balaban J connectivity index is 1.30. The number of carbonyl (C=O) groups is 3. The molecule has 1 saturated heterocycles. The Hall–Kier alpha value is -2.95. The fourth-order valence-electron chi connectivity index (χ4n) is 5.43. The third kappa shape index (κ3) is 2.87.